The van der Waals surface area contributed by atoms with Gasteiger partial charge in [0.1, 0.15) is 5.75 Å². The quantitative estimate of drug-likeness (QED) is 0.392. The first-order valence-electron chi connectivity index (χ1n) is 8.52. The highest BCUT2D eigenvalue weighted by atomic mass is 32.2. The van der Waals surface area contributed by atoms with Gasteiger partial charge < -0.3 is 15.1 Å². The first kappa shape index (κ1) is 18.1. The Morgan fingerprint density at radius 2 is 1.89 bits per heavy atom. The Kier molecular flexibility index (Phi) is 4.98. The first-order valence-corrected chi connectivity index (χ1v) is 9.50. The molecule has 0 bridgehead atoms. The number of nitrogen functional groups attached to an aromatic ring is 1. The molecule has 0 spiro atoms. The Balaban J connectivity index is 1.47. The van der Waals surface area contributed by atoms with Gasteiger partial charge in [-0.2, -0.15) is 4.98 Å². The lowest BCUT2D eigenvalue weighted by atomic mass is 10.1. The molecule has 0 fully saturated rings. The minimum atomic E-state index is 0.441. The number of hydrogen-bond donors (Lipinski definition) is 1. The molecular weight excluding hydrogens is 376 g/mol. The van der Waals surface area contributed by atoms with Gasteiger partial charge in [-0.05, 0) is 36.8 Å². The van der Waals surface area contributed by atoms with Crippen molar-refractivity contribution in [1.82, 2.24) is 25.0 Å². The predicted molar refractivity (Wildman–Crippen MR) is 106 cm³/mol. The minimum Gasteiger partial charge on any atom is -0.497 e. The molecular formula is C19H18N6O2S. The van der Waals surface area contributed by atoms with Gasteiger partial charge in [0.25, 0.3) is 0 Å². The van der Waals surface area contributed by atoms with Crippen LogP contribution in [0.2, 0.25) is 0 Å². The molecule has 0 saturated carbocycles. The highest BCUT2D eigenvalue weighted by Gasteiger charge is 2.15. The normalized spacial score (nSPS) is 10.9. The van der Waals surface area contributed by atoms with Crippen molar-refractivity contribution in [2.24, 2.45) is 0 Å². The molecule has 0 amide bonds. The Morgan fingerprint density at radius 3 is 2.64 bits per heavy atom. The predicted octanol–water partition coefficient (Wildman–Crippen LogP) is 3.32. The molecule has 0 aliphatic heterocycles. The molecule has 28 heavy (non-hydrogen) atoms. The highest BCUT2D eigenvalue weighted by Crippen LogP contribution is 2.26. The van der Waals surface area contributed by atoms with Gasteiger partial charge in [-0.15, -0.1) is 10.2 Å². The smallest absolute Gasteiger partial charge is 0.237 e. The number of nitrogens with two attached hydrogens (primary N) is 1. The Labute approximate surface area is 165 Å². The van der Waals surface area contributed by atoms with E-state index in [-0.39, 0.29) is 0 Å². The van der Waals surface area contributed by atoms with Crippen LogP contribution in [0.25, 0.3) is 22.8 Å². The van der Waals surface area contributed by atoms with Crippen molar-refractivity contribution in [2.75, 3.05) is 13.0 Å². The van der Waals surface area contributed by atoms with E-state index in [0.717, 1.165) is 22.4 Å². The van der Waals surface area contributed by atoms with Crippen molar-refractivity contribution in [3.05, 3.63) is 60.0 Å². The minimum absolute atomic E-state index is 0.441. The molecule has 0 saturated heterocycles. The summed E-state index contributed by atoms with van der Waals surface area (Å²) in [7, 11) is 1.62. The fourth-order valence-electron chi connectivity index (χ4n) is 2.69. The number of benzene rings is 2. The highest BCUT2D eigenvalue weighted by molar-refractivity contribution is 7.98. The third kappa shape index (κ3) is 3.56. The topological polar surface area (TPSA) is 105 Å². The van der Waals surface area contributed by atoms with E-state index in [1.165, 1.54) is 16.4 Å². The Bertz CT molecular complexity index is 1090. The second-order valence-corrected chi connectivity index (χ2v) is 6.96. The van der Waals surface area contributed by atoms with Crippen molar-refractivity contribution in [1.29, 1.82) is 0 Å². The van der Waals surface area contributed by atoms with Gasteiger partial charge in [-0.1, -0.05) is 41.2 Å². The standard InChI is InChI=1S/C19H18N6O2S/c1-12-5-3-4-6-15(12)17-21-16(27-24-17)11-28-19-23-22-18(25(19)20)13-7-9-14(26-2)10-8-13/h3-10H,11,20H2,1-2H3. The summed E-state index contributed by atoms with van der Waals surface area (Å²) in [5.74, 6) is 9.00. The molecule has 0 aliphatic rings. The second-order valence-electron chi connectivity index (χ2n) is 6.02. The van der Waals surface area contributed by atoms with Gasteiger partial charge in [0.05, 0.1) is 12.9 Å². The Hall–Kier alpha value is -3.33. The summed E-state index contributed by atoms with van der Waals surface area (Å²) in [5, 5.41) is 13.0. The van der Waals surface area contributed by atoms with E-state index in [2.05, 4.69) is 20.3 Å². The molecule has 2 aromatic carbocycles. The number of nitrogens with zero attached hydrogens (tertiary/aromatic N) is 5. The summed E-state index contributed by atoms with van der Waals surface area (Å²) >= 11 is 1.38. The number of thioether (sulfide) groups is 1. The summed E-state index contributed by atoms with van der Waals surface area (Å²) < 4.78 is 12.0. The molecule has 4 rings (SSSR count). The third-order valence-corrected chi connectivity index (χ3v) is 5.12. The van der Waals surface area contributed by atoms with E-state index in [1.807, 2.05) is 55.5 Å². The van der Waals surface area contributed by atoms with Crippen molar-refractivity contribution in [2.45, 2.75) is 17.8 Å². The molecule has 8 nitrogen and oxygen atoms in total. The zero-order valence-corrected chi connectivity index (χ0v) is 16.2. The van der Waals surface area contributed by atoms with Crippen LogP contribution in [0.4, 0.5) is 0 Å². The average Bonchev–Trinajstić information content (AvgIpc) is 3.33. The fraction of sp³-hybridized carbons (Fsp3) is 0.158. The van der Waals surface area contributed by atoms with Crippen LogP contribution in [0, 0.1) is 6.92 Å². The largest absolute Gasteiger partial charge is 0.497 e. The lowest BCUT2D eigenvalue weighted by Gasteiger charge is -2.04. The van der Waals surface area contributed by atoms with E-state index in [4.69, 9.17) is 15.1 Å². The van der Waals surface area contributed by atoms with Gasteiger partial charge in [0, 0.05) is 11.1 Å². The summed E-state index contributed by atoms with van der Waals surface area (Å²) in [6.07, 6.45) is 0. The Morgan fingerprint density at radius 1 is 1.11 bits per heavy atom. The van der Waals surface area contributed by atoms with Crippen LogP contribution in [-0.4, -0.2) is 32.1 Å². The lowest BCUT2D eigenvalue weighted by Crippen LogP contribution is -2.11. The van der Waals surface area contributed by atoms with Gasteiger partial charge >= 0.3 is 0 Å². The van der Waals surface area contributed by atoms with Gasteiger partial charge in [-0.25, -0.2) is 4.68 Å². The van der Waals surface area contributed by atoms with Gasteiger partial charge in [0.15, 0.2) is 5.82 Å². The number of ether oxygens (including phenoxy) is 1. The molecule has 142 valence electrons. The summed E-state index contributed by atoms with van der Waals surface area (Å²) in [6, 6.07) is 15.4. The first-order chi connectivity index (χ1) is 13.7. The molecule has 0 radical (unpaired) electrons. The molecule has 0 aliphatic carbocycles. The summed E-state index contributed by atoms with van der Waals surface area (Å²) in [4.78, 5) is 4.46. The molecule has 0 atom stereocenters. The van der Waals surface area contributed by atoms with Crippen molar-refractivity contribution in [3.8, 4) is 28.5 Å². The van der Waals surface area contributed by atoms with Crippen LogP contribution in [0.15, 0.2) is 58.2 Å². The van der Waals surface area contributed by atoms with E-state index in [9.17, 15) is 0 Å². The van der Waals surface area contributed by atoms with Crippen LogP contribution in [-0.2, 0) is 5.75 Å². The fourth-order valence-corrected chi connectivity index (χ4v) is 3.38. The van der Waals surface area contributed by atoms with E-state index < -0.39 is 0 Å². The van der Waals surface area contributed by atoms with E-state index >= 15 is 0 Å². The van der Waals surface area contributed by atoms with Crippen LogP contribution >= 0.6 is 11.8 Å². The summed E-state index contributed by atoms with van der Waals surface area (Å²) in [5.41, 5.74) is 2.89. The average molecular weight is 394 g/mol. The number of aromatic nitrogens is 5. The number of methoxy groups -OCH3 is 1. The number of aryl methyl sites for hydroxylation is 1. The van der Waals surface area contributed by atoms with Gasteiger partial charge in [0.2, 0.25) is 16.9 Å². The van der Waals surface area contributed by atoms with Crippen molar-refractivity contribution in [3.63, 3.8) is 0 Å². The van der Waals surface area contributed by atoms with Crippen LogP contribution in [0.3, 0.4) is 0 Å². The molecule has 0 unspecified atom stereocenters. The van der Waals surface area contributed by atoms with Crippen LogP contribution in [0.5, 0.6) is 5.75 Å². The monoisotopic (exact) mass is 394 g/mol. The van der Waals surface area contributed by atoms with Crippen LogP contribution < -0.4 is 10.6 Å². The van der Waals surface area contributed by atoms with Crippen molar-refractivity contribution < 1.29 is 9.26 Å². The lowest BCUT2D eigenvalue weighted by molar-refractivity contribution is 0.391. The summed E-state index contributed by atoms with van der Waals surface area (Å²) in [6.45, 7) is 2.01. The SMILES string of the molecule is COc1ccc(-c2nnc(SCc3nc(-c4ccccc4C)no3)n2N)cc1. The maximum atomic E-state index is 6.16. The molecule has 9 heteroatoms. The molecule has 4 aromatic rings. The van der Waals surface area contributed by atoms with E-state index in [1.54, 1.807) is 7.11 Å². The number of hydrogen-bond acceptors (Lipinski definition) is 8. The molecule has 2 N–H and O–H groups in total. The number of rotatable bonds is 6. The maximum Gasteiger partial charge on any atom is 0.237 e. The zero-order chi connectivity index (χ0) is 19.5. The zero-order valence-electron chi connectivity index (χ0n) is 15.4. The maximum absolute atomic E-state index is 6.16. The van der Waals surface area contributed by atoms with Crippen LogP contribution in [0.1, 0.15) is 11.5 Å². The van der Waals surface area contributed by atoms with E-state index in [0.29, 0.717) is 28.4 Å². The second kappa shape index (κ2) is 7.73. The third-order valence-electron chi connectivity index (χ3n) is 4.19. The van der Waals surface area contributed by atoms with Crippen molar-refractivity contribution >= 4 is 11.8 Å². The molecule has 2 aromatic heterocycles. The molecule has 2 heterocycles. The van der Waals surface area contributed by atoms with Gasteiger partial charge in [-0.3, -0.25) is 0 Å².